The van der Waals surface area contributed by atoms with Crippen LogP contribution in [-0.4, -0.2) is 38.4 Å². The normalized spacial score (nSPS) is 10.9. The van der Waals surface area contributed by atoms with Gasteiger partial charge < -0.3 is 15.7 Å². The lowest BCUT2D eigenvalue weighted by Gasteiger charge is -2.13. The molecule has 0 bridgehead atoms. The summed E-state index contributed by atoms with van der Waals surface area (Å²) in [5.74, 6) is 0.184. The van der Waals surface area contributed by atoms with Gasteiger partial charge in [0, 0.05) is 12.6 Å². The quantitative estimate of drug-likeness (QED) is 0.752. The van der Waals surface area contributed by atoms with Crippen LogP contribution in [0.1, 0.15) is 11.4 Å². The smallest absolute Gasteiger partial charge is 0.395 e. The number of hydrogen-bond acceptors (Lipinski definition) is 8. The molecule has 23 heavy (non-hydrogen) atoms. The van der Waals surface area contributed by atoms with Gasteiger partial charge in [-0.25, -0.2) is 9.97 Å². The summed E-state index contributed by atoms with van der Waals surface area (Å²) < 4.78 is 38.5. The lowest BCUT2D eigenvalue weighted by atomic mass is 10.3. The number of hydrogen-bond donors (Lipinski definition) is 3. The van der Waals surface area contributed by atoms with E-state index >= 15 is 0 Å². The molecule has 0 aromatic carbocycles. The van der Waals surface area contributed by atoms with Crippen molar-refractivity contribution < 1.29 is 18.3 Å². The predicted molar refractivity (Wildman–Crippen MR) is 72.6 cm³/mol. The molecule has 0 radical (unpaired) electrons. The SMILES string of the molecule is N#Cc1cnc(Nc2cc(NCCO)c(C(F)(F)F)nn2)cn1. The highest BCUT2D eigenvalue weighted by atomic mass is 19.4. The first-order valence-electron chi connectivity index (χ1n) is 6.23. The number of anilines is 3. The first-order chi connectivity index (χ1) is 10.9. The van der Waals surface area contributed by atoms with E-state index in [0.29, 0.717) is 0 Å². The molecule has 2 heterocycles. The van der Waals surface area contributed by atoms with Crippen molar-refractivity contribution in [2.24, 2.45) is 0 Å². The third kappa shape index (κ3) is 4.24. The molecule has 2 aromatic heterocycles. The molecule has 8 nitrogen and oxygen atoms in total. The first kappa shape index (κ1) is 16.4. The molecule has 0 amide bonds. The molecular weight excluding hydrogens is 315 g/mol. The standard InChI is InChI=1S/C12H10F3N7O/c13-12(14,15)11-8(17-1-2-23)3-9(21-22-11)20-10-6-18-7(4-16)5-19-10/h3,5-6,23H,1-2H2,(H2,17,19,20,21). The van der Waals surface area contributed by atoms with Gasteiger partial charge in [0.2, 0.25) is 0 Å². The minimum absolute atomic E-state index is 0.00236. The Bertz CT molecular complexity index is 712. The zero-order valence-electron chi connectivity index (χ0n) is 11.5. The fraction of sp³-hybridized carbons (Fsp3) is 0.250. The molecule has 0 saturated carbocycles. The average Bonchev–Trinajstić information content (AvgIpc) is 2.52. The van der Waals surface area contributed by atoms with Crippen LogP contribution in [0.4, 0.5) is 30.5 Å². The van der Waals surface area contributed by atoms with Crippen molar-refractivity contribution in [2.75, 3.05) is 23.8 Å². The Labute approximate surface area is 128 Å². The van der Waals surface area contributed by atoms with Crippen LogP contribution in [-0.2, 0) is 6.18 Å². The minimum atomic E-state index is -4.68. The molecule has 2 aromatic rings. The molecule has 0 fully saturated rings. The Balaban J connectivity index is 2.26. The number of halogens is 3. The average molecular weight is 325 g/mol. The number of nitrogens with one attached hydrogen (secondary N) is 2. The molecule has 11 heteroatoms. The maximum atomic E-state index is 12.8. The molecular formula is C12H10F3N7O. The number of nitriles is 1. The molecule has 0 aliphatic heterocycles. The largest absolute Gasteiger partial charge is 0.437 e. The summed E-state index contributed by atoms with van der Waals surface area (Å²) in [7, 11) is 0. The molecule has 0 spiro atoms. The molecule has 0 atom stereocenters. The third-order valence-electron chi connectivity index (χ3n) is 2.51. The summed E-state index contributed by atoms with van der Waals surface area (Å²) in [6.45, 7) is -0.422. The second-order valence-electron chi connectivity index (χ2n) is 4.16. The molecule has 0 aliphatic rings. The zero-order chi connectivity index (χ0) is 16.9. The topological polar surface area (TPSA) is 120 Å². The lowest BCUT2D eigenvalue weighted by Crippen LogP contribution is -2.16. The molecule has 3 N–H and O–H groups in total. The van der Waals surface area contributed by atoms with Gasteiger partial charge in [-0.05, 0) is 0 Å². The number of nitrogens with zero attached hydrogens (tertiary/aromatic N) is 5. The van der Waals surface area contributed by atoms with Crippen LogP contribution in [0.15, 0.2) is 18.5 Å². The maximum Gasteiger partial charge on any atom is 0.437 e. The van der Waals surface area contributed by atoms with E-state index in [1.807, 2.05) is 0 Å². The van der Waals surface area contributed by atoms with Crippen molar-refractivity contribution in [3.05, 3.63) is 29.8 Å². The number of alkyl halides is 3. The van der Waals surface area contributed by atoms with Gasteiger partial charge >= 0.3 is 6.18 Å². The van der Waals surface area contributed by atoms with Crippen molar-refractivity contribution in [3.8, 4) is 6.07 Å². The Morgan fingerprint density at radius 1 is 1.17 bits per heavy atom. The molecule has 2 rings (SSSR count). The number of aliphatic hydroxyl groups is 1. The summed E-state index contributed by atoms with van der Waals surface area (Å²) >= 11 is 0. The van der Waals surface area contributed by atoms with E-state index in [1.165, 1.54) is 12.4 Å². The molecule has 0 aliphatic carbocycles. The maximum absolute atomic E-state index is 12.8. The monoisotopic (exact) mass is 325 g/mol. The third-order valence-corrected chi connectivity index (χ3v) is 2.51. The highest BCUT2D eigenvalue weighted by Gasteiger charge is 2.36. The van der Waals surface area contributed by atoms with E-state index in [0.717, 1.165) is 6.07 Å². The van der Waals surface area contributed by atoms with Gasteiger partial charge in [-0.15, -0.1) is 10.2 Å². The molecule has 0 unspecified atom stereocenters. The minimum Gasteiger partial charge on any atom is -0.395 e. The highest BCUT2D eigenvalue weighted by Crippen LogP contribution is 2.33. The van der Waals surface area contributed by atoms with Gasteiger partial charge in [-0.1, -0.05) is 0 Å². The Morgan fingerprint density at radius 3 is 2.52 bits per heavy atom. The van der Waals surface area contributed by atoms with Crippen molar-refractivity contribution in [2.45, 2.75) is 6.18 Å². The number of aliphatic hydroxyl groups excluding tert-OH is 1. The molecule has 120 valence electrons. The van der Waals surface area contributed by atoms with Gasteiger partial charge in [0.1, 0.15) is 11.9 Å². The van der Waals surface area contributed by atoms with Gasteiger partial charge in [0.15, 0.2) is 17.2 Å². The van der Waals surface area contributed by atoms with Crippen LogP contribution >= 0.6 is 0 Å². The van der Waals surface area contributed by atoms with Crippen molar-refractivity contribution in [1.29, 1.82) is 5.26 Å². The Morgan fingerprint density at radius 2 is 1.96 bits per heavy atom. The van der Waals surface area contributed by atoms with E-state index in [4.69, 9.17) is 10.4 Å². The van der Waals surface area contributed by atoms with Crippen LogP contribution in [0.2, 0.25) is 0 Å². The number of aromatic nitrogens is 4. The summed E-state index contributed by atoms with van der Waals surface area (Å²) in [5.41, 5.74) is -1.42. The Hall–Kier alpha value is -3.00. The van der Waals surface area contributed by atoms with Gasteiger partial charge in [-0.3, -0.25) is 0 Å². The van der Waals surface area contributed by atoms with E-state index in [1.54, 1.807) is 6.07 Å². The van der Waals surface area contributed by atoms with E-state index in [-0.39, 0.29) is 36.2 Å². The summed E-state index contributed by atoms with van der Waals surface area (Å²) in [5, 5.41) is 29.0. The van der Waals surface area contributed by atoms with Gasteiger partial charge in [-0.2, -0.15) is 18.4 Å². The first-order valence-corrected chi connectivity index (χ1v) is 6.23. The summed E-state index contributed by atoms with van der Waals surface area (Å²) in [6.07, 6.45) is -2.25. The van der Waals surface area contributed by atoms with Crippen LogP contribution in [0.5, 0.6) is 0 Å². The second-order valence-corrected chi connectivity index (χ2v) is 4.16. The van der Waals surface area contributed by atoms with Crippen molar-refractivity contribution >= 4 is 17.3 Å². The zero-order valence-corrected chi connectivity index (χ0v) is 11.5. The van der Waals surface area contributed by atoms with E-state index in [9.17, 15) is 13.2 Å². The molecule has 0 saturated heterocycles. The van der Waals surface area contributed by atoms with Gasteiger partial charge in [0.25, 0.3) is 0 Å². The van der Waals surface area contributed by atoms with Crippen LogP contribution < -0.4 is 10.6 Å². The van der Waals surface area contributed by atoms with Crippen LogP contribution in [0.3, 0.4) is 0 Å². The second kappa shape index (κ2) is 6.84. The summed E-state index contributed by atoms with van der Waals surface area (Å²) in [4.78, 5) is 7.62. The fourth-order valence-electron chi connectivity index (χ4n) is 1.57. The van der Waals surface area contributed by atoms with Crippen molar-refractivity contribution in [3.63, 3.8) is 0 Å². The van der Waals surface area contributed by atoms with Crippen molar-refractivity contribution in [1.82, 2.24) is 20.2 Å². The summed E-state index contributed by atoms with van der Waals surface area (Å²) in [6, 6.07) is 2.88. The van der Waals surface area contributed by atoms with Crippen LogP contribution in [0, 0.1) is 11.3 Å². The fourth-order valence-corrected chi connectivity index (χ4v) is 1.57. The Kier molecular flexibility index (Phi) is 4.87. The number of rotatable bonds is 5. The van der Waals surface area contributed by atoms with E-state index < -0.39 is 11.9 Å². The lowest BCUT2D eigenvalue weighted by molar-refractivity contribution is -0.141. The predicted octanol–water partition coefficient (Wildman–Crippen LogP) is 1.30. The highest BCUT2D eigenvalue weighted by molar-refractivity contribution is 5.59. The van der Waals surface area contributed by atoms with Crippen LogP contribution in [0.25, 0.3) is 0 Å². The van der Waals surface area contributed by atoms with Gasteiger partial charge in [0.05, 0.1) is 24.7 Å². The van der Waals surface area contributed by atoms with E-state index in [2.05, 4.69) is 30.8 Å².